The van der Waals surface area contributed by atoms with Crippen molar-refractivity contribution in [1.82, 2.24) is 0 Å². The summed E-state index contributed by atoms with van der Waals surface area (Å²) in [7, 11) is -3.83. The molecule has 8 heteroatoms. The van der Waals surface area contributed by atoms with Crippen LogP contribution in [0.1, 0.15) is 0 Å². The molecule has 0 atom stereocenters. The van der Waals surface area contributed by atoms with Crippen molar-refractivity contribution in [2.75, 3.05) is 3.71 Å². The van der Waals surface area contributed by atoms with Gasteiger partial charge in [0.15, 0.2) is 0 Å². The second kappa shape index (κ2) is 5.98. The molecule has 0 unspecified atom stereocenters. The summed E-state index contributed by atoms with van der Waals surface area (Å²) in [6.45, 7) is 0. The van der Waals surface area contributed by atoms with Crippen LogP contribution in [0, 0.1) is 0 Å². The van der Waals surface area contributed by atoms with Gasteiger partial charge >= 0.3 is 0 Å². The standard InChI is InChI=1S/C12H11NO2S5/c14-19(15,12-9-5-2-6-10-12)13(20(16,17)18)11-7-3-1-4-8-11/h1-10H,(H,16,17,18). The Balaban J connectivity index is 2.66. The van der Waals surface area contributed by atoms with Gasteiger partial charge in [0.1, 0.15) is 0 Å². The highest BCUT2D eigenvalue weighted by Crippen LogP contribution is 2.28. The highest BCUT2D eigenvalue weighted by molar-refractivity contribution is 8.94. The lowest BCUT2D eigenvalue weighted by Gasteiger charge is -2.25. The molecule has 0 aliphatic carbocycles. The van der Waals surface area contributed by atoms with Gasteiger partial charge in [-0.3, -0.25) is 0 Å². The van der Waals surface area contributed by atoms with Crippen molar-refractivity contribution in [2.24, 2.45) is 0 Å². The van der Waals surface area contributed by atoms with Gasteiger partial charge in [-0.1, -0.05) is 48.1 Å². The minimum Gasteiger partial charge on any atom is -0.200 e. The lowest BCUT2D eigenvalue weighted by molar-refractivity contribution is 0.598. The van der Waals surface area contributed by atoms with Crippen LogP contribution in [0.3, 0.4) is 0 Å². The fraction of sp³-hybridized carbons (Fsp3) is 0. The first-order valence-electron chi connectivity index (χ1n) is 5.46. The molecular weight excluding hydrogens is 350 g/mol. The van der Waals surface area contributed by atoms with E-state index in [1.54, 1.807) is 48.5 Å². The van der Waals surface area contributed by atoms with Crippen LogP contribution in [0.15, 0.2) is 65.6 Å². The van der Waals surface area contributed by atoms with E-state index >= 15 is 0 Å². The highest BCUT2D eigenvalue weighted by Gasteiger charge is 2.28. The van der Waals surface area contributed by atoms with E-state index < -0.39 is 16.4 Å². The van der Waals surface area contributed by atoms with E-state index in [4.69, 9.17) is 22.4 Å². The Morgan fingerprint density at radius 2 is 1.30 bits per heavy atom. The van der Waals surface area contributed by atoms with Gasteiger partial charge in [-0.25, -0.2) is 8.42 Å². The molecule has 0 saturated heterocycles. The third kappa shape index (κ3) is 3.32. The fourth-order valence-electron chi connectivity index (χ4n) is 1.63. The van der Waals surface area contributed by atoms with Gasteiger partial charge in [0.25, 0.3) is 10.0 Å². The summed E-state index contributed by atoms with van der Waals surface area (Å²) in [5, 5.41) is 0. The average molecular weight is 362 g/mol. The Kier molecular flexibility index (Phi) is 4.70. The number of rotatable bonds is 4. The molecule has 0 N–H and O–H groups in total. The summed E-state index contributed by atoms with van der Waals surface area (Å²) in [5.74, 6) is 0. The van der Waals surface area contributed by atoms with Gasteiger partial charge in [-0.05, 0) is 46.6 Å². The molecule has 20 heavy (non-hydrogen) atoms. The maximum atomic E-state index is 12.7. The van der Waals surface area contributed by atoms with Gasteiger partial charge in [-0.15, -0.1) is 0 Å². The number of nitrogens with zero attached hydrogens (tertiary/aromatic N) is 1. The van der Waals surface area contributed by atoms with Crippen LogP contribution < -0.4 is 3.71 Å². The van der Waals surface area contributed by atoms with E-state index in [-0.39, 0.29) is 4.90 Å². The molecule has 0 aromatic heterocycles. The number of hydrogen-bond acceptors (Lipinski definition) is 4. The highest BCUT2D eigenvalue weighted by atomic mass is 33.5. The molecule has 0 bridgehead atoms. The molecule has 106 valence electrons. The first-order valence-corrected chi connectivity index (χ1v) is 11.4. The van der Waals surface area contributed by atoms with E-state index in [9.17, 15) is 8.42 Å². The molecular formula is C12H11NO2S5. The third-order valence-corrected chi connectivity index (χ3v) is 8.12. The molecule has 3 nitrogen and oxygen atoms in total. The predicted molar refractivity (Wildman–Crippen MR) is 93.6 cm³/mol. The van der Waals surface area contributed by atoms with Gasteiger partial charge in [0, 0.05) is 0 Å². The molecule has 0 aliphatic rings. The van der Waals surface area contributed by atoms with E-state index in [0.29, 0.717) is 5.69 Å². The third-order valence-electron chi connectivity index (χ3n) is 2.44. The van der Waals surface area contributed by atoms with Crippen LogP contribution in [0.25, 0.3) is 0 Å². The lowest BCUT2D eigenvalue weighted by atomic mass is 10.3. The maximum Gasteiger partial charge on any atom is 0.274 e. The average Bonchev–Trinajstić information content (AvgIpc) is 2.39. The Bertz CT molecular complexity index is 786. The molecule has 0 heterocycles. The van der Waals surface area contributed by atoms with Crippen LogP contribution in [0.5, 0.6) is 0 Å². The number of sulfonamides is 1. The molecule has 0 spiro atoms. The van der Waals surface area contributed by atoms with Crippen molar-refractivity contribution in [1.29, 1.82) is 0 Å². The van der Waals surface area contributed by atoms with E-state index in [1.807, 2.05) is 0 Å². The maximum absolute atomic E-state index is 12.7. The SMILES string of the molecule is O=S(=O)(c1ccccc1)N(c1ccccc1)S(=S)(=S)S. The summed E-state index contributed by atoms with van der Waals surface area (Å²) < 4.78 is 26.5. The number of benzene rings is 2. The second-order valence-corrected chi connectivity index (χ2v) is 13.7. The van der Waals surface area contributed by atoms with Crippen molar-refractivity contribution in [2.45, 2.75) is 4.90 Å². The summed E-state index contributed by atoms with van der Waals surface area (Å²) in [5.41, 5.74) is 0.423. The van der Waals surface area contributed by atoms with Crippen molar-refractivity contribution >= 4 is 56.1 Å². The smallest absolute Gasteiger partial charge is 0.200 e. The lowest BCUT2D eigenvalue weighted by Crippen LogP contribution is -2.32. The van der Waals surface area contributed by atoms with Gasteiger partial charge in [0.05, 0.1) is 16.9 Å². The van der Waals surface area contributed by atoms with Crippen molar-refractivity contribution < 1.29 is 8.42 Å². The van der Waals surface area contributed by atoms with Crippen LogP contribution in [-0.2, 0) is 38.8 Å². The summed E-state index contributed by atoms with van der Waals surface area (Å²) in [6, 6.07) is 16.6. The Morgan fingerprint density at radius 1 is 0.850 bits per heavy atom. The second-order valence-electron chi connectivity index (χ2n) is 3.83. The number of thiol groups is 1. The molecule has 2 aromatic carbocycles. The molecule has 2 aromatic rings. The molecule has 0 aliphatic heterocycles. The molecule has 0 fully saturated rings. The zero-order chi connectivity index (χ0) is 14.8. The molecule has 2 rings (SSSR count). The normalized spacial score (nSPS) is 12.1. The van der Waals surface area contributed by atoms with Crippen molar-refractivity contribution in [3.63, 3.8) is 0 Å². The van der Waals surface area contributed by atoms with E-state index in [0.717, 1.165) is 3.71 Å². The Hall–Kier alpha value is -0.670. The predicted octanol–water partition coefficient (Wildman–Crippen LogP) is 2.72. The van der Waals surface area contributed by atoms with Crippen LogP contribution >= 0.6 is 11.7 Å². The quantitative estimate of drug-likeness (QED) is 0.671. The Labute approximate surface area is 133 Å². The van der Waals surface area contributed by atoms with Crippen LogP contribution in [0.2, 0.25) is 0 Å². The summed E-state index contributed by atoms with van der Waals surface area (Å²) in [4.78, 5) is 0.143. The zero-order valence-corrected chi connectivity index (χ0v) is 14.3. The first kappa shape index (κ1) is 15.7. The summed E-state index contributed by atoms with van der Waals surface area (Å²) in [6.07, 6.45) is -2.62. The zero-order valence-electron chi connectivity index (χ0n) is 10.1. The monoisotopic (exact) mass is 361 g/mol. The number of hydrogen-bond donors (Lipinski definition) is 1. The van der Waals surface area contributed by atoms with Crippen LogP contribution in [0.4, 0.5) is 5.69 Å². The largest absolute Gasteiger partial charge is 0.274 e. The minimum absolute atomic E-state index is 0.143. The van der Waals surface area contributed by atoms with E-state index in [1.165, 1.54) is 12.1 Å². The van der Waals surface area contributed by atoms with Crippen molar-refractivity contribution in [3.8, 4) is 0 Å². The first-order chi connectivity index (χ1) is 9.33. The fourth-order valence-corrected chi connectivity index (χ4v) is 7.40. The molecule has 0 radical (unpaired) electrons. The van der Waals surface area contributed by atoms with Gasteiger partial charge in [-0.2, -0.15) is 3.71 Å². The number of anilines is 1. The Morgan fingerprint density at radius 3 is 1.75 bits per heavy atom. The molecule has 0 amide bonds. The topological polar surface area (TPSA) is 37.4 Å². The number of para-hydroxylation sites is 1. The van der Waals surface area contributed by atoms with Crippen LogP contribution in [-0.4, -0.2) is 8.42 Å². The minimum atomic E-state index is -3.83. The molecule has 0 saturated carbocycles. The van der Waals surface area contributed by atoms with Gasteiger partial charge < -0.3 is 0 Å². The summed E-state index contributed by atoms with van der Waals surface area (Å²) >= 11 is 14.5. The van der Waals surface area contributed by atoms with Gasteiger partial charge in [0.2, 0.25) is 0 Å². The van der Waals surface area contributed by atoms with Crippen molar-refractivity contribution in [3.05, 3.63) is 60.7 Å². The van der Waals surface area contributed by atoms with E-state index in [2.05, 4.69) is 11.7 Å².